The molecule has 1 saturated heterocycles. The van der Waals surface area contributed by atoms with Crippen molar-refractivity contribution in [2.45, 2.75) is 38.8 Å². The molecule has 1 aromatic heterocycles. The third-order valence-corrected chi connectivity index (χ3v) is 4.84. The lowest BCUT2D eigenvalue weighted by molar-refractivity contribution is 0.0143. The number of benzene rings is 1. The Morgan fingerprint density at radius 1 is 1.32 bits per heavy atom. The monoisotopic (exact) mass is 428 g/mol. The van der Waals surface area contributed by atoms with E-state index in [-0.39, 0.29) is 29.8 Å². The van der Waals surface area contributed by atoms with Crippen LogP contribution in [0.25, 0.3) is 0 Å². The summed E-state index contributed by atoms with van der Waals surface area (Å²) >= 11 is 0. The van der Waals surface area contributed by atoms with Crippen molar-refractivity contribution in [1.82, 2.24) is 14.7 Å². The van der Waals surface area contributed by atoms with Crippen molar-refractivity contribution in [3.05, 3.63) is 41.8 Å². The highest BCUT2D eigenvalue weighted by Crippen LogP contribution is 2.31. The average Bonchev–Trinajstić information content (AvgIpc) is 3.12. The summed E-state index contributed by atoms with van der Waals surface area (Å²) in [6.45, 7) is 5.91. The third-order valence-electron chi connectivity index (χ3n) is 4.84. The van der Waals surface area contributed by atoms with Crippen molar-refractivity contribution >= 4 is 23.5 Å². The number of hydrogen-bond acceptors (Lipinski definition) is 6. The molecule has 3 N–H and O–H groups in total. The number of nitriles is 1. The number of anilines is 2. The van der Waals surface area contributed by atoms with Crippen LogP contribution in [0.2, 0.25) is 0 Å². The predicted molar refractivity (Wildman–Crippen MR) is 111 cm³/mol. The molecule has 31 heavy (non-hydrogen) atoms. The first kappa shape index (κ1) is 22.1. The molecule has 10 heteroatoms. The van der Waals surface area contributed by atoms with Gasteiger partial charge in [-0.05, 0) is 51.5 Å². The molecule has 9 nitrogen and oxygen atoms in total. The number of halogens is 1. The molecule has 1 aliphatic rings. The number of nitrogens with zero attached hydrogens (tertiary/aromatic N) is 4. The van der Waals surface area contributed by atoms with Gasteiger partial charge in [0.25, 0.3) is 5.91 Å². The lowest BCUT2D eigenvalue weighted by Crippen LogP contribution is -2.46. The van der Waals surface area contributed by atoms with Gasteiger partial charge in [0.2, 0.25) is 0 Å². The fourth-order valence-corrected chi connectivity index (χ4v) is 3.38. The molecule has 164 valence electrons. The summed E-state index contributed by atoms with van der Waals surface area (Å²) in [7, 11) is 0. The van der Waals surface area contributed by atoms with E-state index < -0.39 is 23.5 Å². The Labute approximate surface area is 179 Å². The summed E-state index contributed by atoms with van der Waals surface area (Å²) in [6, 6.07) is 7.45. The molecule has 1 unspecified atom stereocenters. The first-order valence-electron chi connectivity index (χ1n) is 9.86. The SMILES string of the molecule is CC(C)(C)OC(=O)N1CCC(n2cc(C(N)=O)c(Nc3ccc(F)cc3)n2)[C@@H](C#N)C1. The molecule has 0 aliphatic carbocycles. The average molecular weight is 428 g/mol. The Morgan fingerprint density at radius 3 is 2.58 bits per heavy atom. The van der Waals surface area contributed by atoms with E-state index in [1.807, 2.05) is 0 Å². The van der Waals surface area contributed by atoms with Crippen molar-refractivity contribution in [2.75, 3.05) is 18.4 Å². The highest BCUT2D eigenvalue weighted by molar-refractivity contribution is 5.98. The highest BCUT2D eigenvalue weighted by atomic mass is 19.1. The normalized spacial score (nSPS) is 18.9. The molecule has 1 aliphatic heterocycles. The summed E-state index contributed by atoms with van der Waals surface area (Å²) in [5.74, 6) is -1.42. The number of likely N-dealkylation sites (tertiary alicyclic amines) is 1. The summed E-state index contributed by atoms with van der Waals surface area (Å²) in [4.78, 5) is 25.8. The Hall–Kier alpha value is -3.61. The maximum atomic E-state index is 13.2. The number of primary amides is 1. The van der Waals surface area contributed by atoms with E-state index in [2.05, 4.69) is 16.5 Å². The molecule has 1 fully saturated rings. The van der Waals surface area contributed by atoms with E-state index in [1.54, 1.807) is 20.8 Å². The lowest BCUT2D eigenvalue weighted by atomic mass is 9.94. The second kappa shape index (κ2) is 8.63. The van der Waals surface area contributed by atoms with Gasteiger partial charge in [-0.1, -0.05) is 0 Å². The van der Waals surface area contributed by atoms with Crippen molar-refractivity contribution in [2.24, 2.45) is 11.7 Å². The number of amides is 2. The van der Waals surface area contributed by atoms with Gasteiger partial charge in [-0.15, -0.1) is 0 Å². The maximum Gasteiger partial charge on any atom is 0.410 e. The summed E-state index contributed by atoms with van der Waals surface area (Å²) in [6.07, 6.45) is 1.47. The minimum atomic E-state index is -0.685. The maximum absolute atomic E-state index is 13.2. The molecule has 1 aromatic carbocycles. The van der Waals surface area contributed by atoms with Crippen LogP contribution in [-0.4, -0.2) is 45.4 Å². The van der Waals surface area contributed by atoms with Crippen LogP contribution in [0.1, 0.15) is 43.6 Å². The van der Waals surface area contributed by atoms with Gasteiger partial charge in [-0.25, -0.2) is 9.18 Å². The number of piperidine rings is 1. The number of ether oxygens (including phenoxy) is 1. The number of nitrogens with one attached hydrogen (secondary N) is 1. The molecule has 0 spiro atoms. The van der Waals surface area contributed by atoms with Crippen LogP contribution in [-0.2, 0) is 4.74 Å². The van der Waals surface area contributed by atoms with Crippen LogP contribution in [0, 0.1) is 23.1 Å². The van der Waals surface area contributed by atoms with Crippen LogP contribution in [0.5, 0.6) is 0 Å². The number of carbonyl (C=O) groups excluding carboxylic acids is 2. The van der Waals surface area contributed by atoms with Gasteiger partial charge < -0.3 is 20.7 Å². The number of nitrogens with two attached hydrogens (primary N) is 1. The van der Waals surface area contributed by atoms with Gasteiger partial charge in [0.1, 0.15) is 17.0 Å². The van der Waals surface area contributed by atoms with Crippen LogP contribution < -0.4 is 11.1 Å². The summed E-state index contributed by atoms with van der Waals surface area (Å²) in [5, 5.41) is 17.1. The standard InChI is InChI=1S/C21H25FN6O3/c1-21(2,3)31-20(30)27-9-8-17(13(10-23)11-27)28-12-16(18(24)29)19(26-28)25-15-6-4-14(22)5-7-15/h4-7,12-13,17H,8-9,11H2,1-3H3,(H2,24,29)(H,25,26)/t13-,17?/m0/s1. The zero-order valence-corrected chi connectivity index (χ0v) is 17.6. The van der Waals surface area contributed by atoms with E-state index in [4.69, 9.17) is 10.5 Å². The van der Waals surface area contributed by atoms with Crippen LogP contribution >= 0.6 is 0 Å². The van der Waals surface area contributed by atoms with Gasteiger partial charge >= 0.3 is 6.09 Å². The highest BCUT2D eigenvalue weighted by Gasteiger charge is 2.35. The van der Waals surface area contributed by atoms with Crippen LogP contribution in [0.15, 0.2) is 30.5 Å². The van der Waals surface area contributed by atoms with Crippen LogP contribution in [0.4, 0.5) is 20.7 Å². The van der Waals surface area contributed by atoms with Crippen molar-refractivity contribution in [3.8, 4) is 6.07 Å². The number of carbonyl (C=O) groups is 2. The number of hydrogen-bond donors (Lipinski definition) is 2. The lowest BCUT2D eigenvalue weighted by Gasteiger charge is -2.36. The van der Waals surface area contributed by atoms with Crippen molar-refractivity contribution < 1.29 is 18.7 Å². The topological polar surface area (TPSA) is 126 Å². The Balaban J connectivity index is 1.80. The van der Waals surface area contributed by atoms with E-state index in [0.717, 1.165) is 0 Å². The van der Waals surface area contributed by atoms with E-state index in [9.17, 15) is 19.2 Å². The summed E-state index contributed by atoms with van der Waals surface area (Å²) in [5.41, 5.74) is 5.55. The zero-order chi connectivity index (χ0) is 22.8. The molecule has 0 radical (unpaired) electrons. The van der Waals surface area contributed by atoms with Gasteiger partial charge in [0.05, 0.1) is 18.0 Å². The Bertz CT molecular complexity index is 1010. The van der Waals surface area contributed by atoms with Gasteiger partial charge in [-0.3, -0.25) is 9.48 Å². The predicted octanol–water partition coefficient (Wildman–Crippen LogP) is 3.19. The van der Waals surface area contributed by atoms with Gasteiger partial charge in [-0.2, -0.15) is 10.4 Å². The fraction of sp³-hybridized carbons (Fsp3) is 0.429. The third kappa shape index (κ3) is 5.31. The molecule has 0 bridgehead atoms. The second-order valence-corrected chi connectivity index (χ2v) is 8.39. The molecular formula is C21H25FN6O3. The Kier molecular flexibility index (Phi) is 6.15. The minimum Gasteiger partial charge on any atom is -0.444 e. The van der Waals surface area contributed by atoms with E-state index in [0.29, 0.717) is 18.7 Å². The fourth-order valence-electron chi connectivity index (χ4n) is 3.38. The Morgan fingerprint density at radius 2 is 2.00 bits per heavy atom. The number of aromatic nitrogens is 2. The molecular weight excluding hydrogens is 403 g/mol. The smallest absolute Gasteiger partial charge is 0.410 e. The minimum absolute atomic E-state index is 0.149. The second-order valence-electron chi connectivity index (χ2n) is 8.39. The van der Waals surface area contributed by atoms with Gasteiger partial charge in [0, 0.05) is 25.0 Å². The summed E-state index contributed by atoms with van der Waals surface area (Å²) < 4.78 is 20.1. The van der Waals surface area contributed by atoms with Crippen molar-refractivity contribution in [1.29, 1.82) is 5.26 Å². The quantitative estimate of drug-likeness (QED) is 0.770. The molecule has 3 rings (SSSR count). The van der Waals surface area contributed by atoms with Gasteiger partial charge in [0.15, 0.2) is 5.82 Å². The largest absolute Gasteiger partial charge is 0.444 e. The molecule has 0 saturated carbocycles. The van der Waals surface area contributed by atoms with Crippen molar-refractivity contribution in [3.63, 3.8) is 0 Å². The molecule has 2 amide bonds. The zero-order valence-electron chi connectivity index (χ0n) is 17.6. The molecule has 2 aromatic rings. The first-order chi connectivity index (χ1) is 14.6. The van der Waals surface area contributed by atoms with Crippen LogP contribution in [0.3, 0.4) is 0 Å². The molecule has 2 heterocycles. The molecule has 2 atom stereocenters. The first-order valence-corrected chi connectivity index (χ1v) is 9.86. The number of rotatable bonds is 4. The van der Waals surface area contributed by atoms with E-state index in [1.165, 1.54) is 40.0 Å². The van der Waals surface area contributed by atoms with E-state index >= 15 is 0 Å².